The number of aryl methyl sites for hydroxylation is 1. The molecular formula is C15H27N3. The van der Waals surface area contributed by atoms with Crippen LogP contribution >= 0.6 is 0 Å². The van der Waals surface area contributed by atoms with Crippen LogP contribution in [0.4, 0.5) is 0 Å². The molecule has 1 aliphatic rings. The minimum absolute atomic E-state index is 0.509. The van der Waals surface area contributed by atoms with Crippen molar-refractivity contribution in [2.24, 2.45) is 11.8 Å². The van der Waals surface area contributed by atoms with Gasteiger partial charge in [-0.1, -0.05) is 20.3 Å². The van der Waals surface area contributed by atoms with E-state index in [9.17, 15) is 0 Å². The molecule has 1 heterocycles. The van der Waals surface area contributed by atoms with Crippen LogP contribution < -0.4 is 5.32 Å². The van der Waals surface area contributed by atoms with Crippen molar-refractivity contribution in [3.05, 3.63) is 18.0 Å². The molecule has 1 N–H and O–H groups in total. The van der Waals surface area contributed by atoms with Crippen molar-refractivity contribution in [2.45, 2.75) is 59.0 Å². The minimum Gasteiger partial charge on any atom is -0.310 e. The molecule has 2 rings (SSSR count). The molecule has 102 valence electrons. The van der Waals surface area contributed by atoms with Crippen LogP contribution in [0.25, 0.3) is 0 Å². The third-order valence-corrected chi connectivity index (χ3v) is 4.16. The van der Waals surface area contributed by atoms with Crippen molar-refractivity contribution in [3.63, 3.8) is 0 Å². The number of hydrogen-bond acceptors (Lipinski definition) is 2. The third kappa shape index (κ3) is 3.14. The van der Waals surface area contributed by atoms with Gasteiger partial charge in [0.1, 0.15) is 0 Å². The SMILES string of the molecule is CCCNC(c1cnn(CC)c1)C1CCC(C)C1. The number of nitrogens with one attached hydrogen (secondary N) is 1. The number of nitrogens with zero attached hydrogens (tertiary/aromatic N) is 2. The van der Waals surface area contributed by atoms with Crippen molar-refractivity contribution in [2.75, 3.05) is 6.54 Å². The van der Waals surface area contributed by atoms with Crippen molar-refractivity contribution >= 4 is 0 Å². The summed E-state index contributed by atoms with van der Waals surface area (Å²) in [4.78, 5) is 0. The van der Waals surface area contributed by atoms with Gasteiger partial charge in [-0.15, -0.1) is 0 Å². The van der Waals surface area contributed by atoms with E-state index in [2.05, 4.69) is 43.6 Å². The molecule has 0 saturated heterocycles. The molecule has 0 amide bonds. The van der Waals surface area contributed by atoms with E-state index < -0.39 is 0 Å². The van der Waals surface area contributed by atoms with Crippen LogP contribution in [0, 0.1) is 11.8 Å². The van der Waals surface area contributed by atoms with Gasteiger partial charge < -0.3 is 5.32 Å². The van der Waals surface area contributed by atoms with E-state index in [1.807, 2.05) is 4.68 Å². The molecule has 3 heteroatoms. The Labute approximate surface area is 111 Å². The van der Waals surface area contributed by atoms with Crippen molar-refractivity contribution in [3.8, 4) is 0 Å². The molecule has 0 aromatic carbocycles. The highest BCUT2D eigenvalue weighted by atomic mass is 15.3. The first-order chi connectivity index (χ1) is 8.74. The van der Waals surface area contributed by atoms with Crippen LogP contribution in [-0.2, 0) is 6.54 Å². The summed E-state index contributed by atoms with van der Waals surface area (Å²) < 4.78 is 2.04. The summed E-state index contributed by atoms with van der Waals surface area (Å²) in [6, 6.07) is 0.509. The largest absolute Gasteiger partial charge is 0.310 e. The molecule has 3 atom stereocenters. The maximum Gasteiger partial charge on any atom is 0.0537 e. The molecule has 1 fully saturated rings. The summed E-state index contributed by atoms with van der Waals surface area (Å²) in [7, 11) is 0. The van der Waals surface area contributed by atoms with E-state index >= 15 is 0 Å². The second-order valence-corrected chi connectivity index (χ2v) is 5.74. The third-order valence-electron chi connectivity index (χ3n) is 4.16. The van der Waals surface area contributed by atoms with Gasteiger partial charge in [-0.3, -0.25) is 4.68 Å². The monoisotopic (exact) mass is 249 g/mol. The van der Waals surface area contributed by atoms with Gasteiger partial charge in [0.2, 0.25) is 0 Å². The van der Waals surface area contributed by atoms with E-state index in [1.54, 1.807) is 0 Å². The lowest BCUT2D eigenvalue weighted by Gasteiger charge is -2.24. The maximum atomic E-state index is 4.43. The van der Waals surface area contributed by atoms with E-state index in [0.29, 0.717) is 6.04 Å². The van der Waals surface area contributed by atoms with Crippen LogP contribution in [0.5, 0.6) is 0 Å². The Morgan fingerprint density at radius 1 is 1.44 bits per heavy atom. The Morgan fingerprint density at radius 3 is 2.83 bits per heavy atom. The van der Waals surface area contributed by atoms with Gasteiger partial charge >= 0.3 is 0 Å². The highest BCUT2D eigenvalue weighted by Crippen LogP contribution is 2.38. The Kier molecular flexibility index (Phi) is 4.81. The highest BCUT2D eigenvalue weighted by Gasteiger charge is 2.30. The van der Waals surface area contributed by atoms with Crippen LogP contribution in [0.2, 0.25) is 0 Å². The molecule has 1 aromatic rings. The van der Waals surface area contributed by atoms with Crippen LogP contribution in [-0.4, -0.2) is 16.3 Å². The normalized spacial score (nSPS) is 25.5. The lowest BCUT2D eigenvalue weighted by Crippen LogP contribution is -2.27. The molecule has 1 aliphatic carbocycles. The summed E-state index contributed by atoms with van der Waals surface area (Å²) in [5.74, 6) is 1.68. The maximum absolute atomic E-state index is 4.43. The second-order valence-electron chi connectivity index (χ2n) is 5.74. The molecule has 0 aliphatic heterocycles. The zero-order chi connectivity index (χ0) is 13.0. The molecule has 1 saturated carbocycles. The van der Waals surface area contributed by atoms with Gasteiger partial charge in [-0.25, -0.2) is 0 Å². The molecule has 18 heavy (non-hydrogen) atoms. The van der Waals surface area contributed by atoms with Gasteiger partial charge in [0.05, 0.1) is 6.20 Å². The fraction of sp³-hybridized carbons (Fsp3) is 0.800. The average molecular weight is 249 g/mol. The molecule has 3 unspecified atom stereocenters. The first-order valence-corrected chi connectivity index (χ1v) is 7.50. The smallest absolute Gasteiger partial charge is 0.0537 e. The zero-order valence-corrected chi connectivity index (χ0v) is 12.0. The lowest BCUT2D eigenvalue weighted by molar-refractivity contribution is 0.359. The summed E-state index contributed by atoms with van der Waals surface area (Å²) in [6.45, 7) is 8.82. The van der Waals surface area contributed by atoms with E-state index in [4.69, 9.17) is 0 Å². The minimum atomic E-state index is 0.509. The fourth-order valence-electron chi connectivity index (χ4n) is 3.12. The first kappa shape index (κ1) is 13.6. The highest BCUT2D eigenvalue weighted by molar-refractivity contribution is 5.12. The summed E-state index contributed by atoms with van der Waals surface area (Å²) in [5, 5.41) is 8.16. The standard InChI is InChI=1S/C15H27N3/c1-4-8-16-15(13-7-6-12(3)9-13)14-10-17-18(5-2)11-14/h10-13,15-16H,4-9H2,1-3H3. The Hall–Kier alpha value is -0.830. The molecule has 0 spiro atoms. The lowest BCUT2D eigenvalue weighted by atomic mass is 9.92. The number of aromatic nitrogens is 2. The summed E-state index contributed by atoms with van der Waals surface area (Å²) in [5.41, 5.74) is 1.38. The van der Waals surface area contributed by atoms with Gasteiger partial charge in [0.25, 0.3) is 0 Å². The van der Waals surface area contributed by atoms with E-state index in [0.717, 1.165) is 24.9 Å². The molecule has 3 nitrogen and oxygen atoms in total. The Bertz CT molecular complexity index is 358. The van der Waals surface area contributed by atoms with Gasteiger partial charge in [0.15, 0.2) is 0 Å². The molecule has 0 radical (unpaired) electrons. The topological polar surface area (TPSA) is 29.9 Å². The van der Waals surface area contributed by atoms with Gasteiger partial charge in [-0.05, 0) is 44.6 Å². The summed E-state index contributed by atoms with van der Waals surface area (Å²) >= 11 is 0. The fourth-order valence-corrected chi connectivity index (χ4v) is 3.12. The quantitative estimate of drug-likeness (QED) is 0.837. The van der Waals surface area contributed by atoms with Crippen LogP contribution in [0.15, 0.2) is 12.4 Å². The number of rotatable bonds is 6. The predicted octanol–water partition coefficient (Wildman–Crippen LogP) is 3.38. The first-order valence-electron chi connectivity index (χ1n) is 7.50. The van der Waals surface area contributed by atoms with Crippen molar-refractivity contribution < 1.29 is 0 Å². The van der Waals surface area contributed by atoms with Crippen molar-refractivity contribution in [1.82, 2.24) is 15.1 Å². The Balaban J connectivity index is 2.08. The zero-order valence-electron chi connectivity index (χ0n) is 12.0. The predicted molar refractivity (Wildman–Crippen MR) is 75.4 cm³/mol. The Morgan fingerprint density at radius 2 is 2.28 bits per heavy atom. The van der Waals surface area contributed by atoms with Crippen molar-refractivity contribution in [1.29, 1.82) is 0 Å². The van der Waals surface area contributed by atoms with Gasteiger partial charge in [0, 0.05) is 24.3 Å². The van der Waals surface area contributed by atoms with E-state index in [-0.39, 0.29) is 0 Å². The van der Waals surface area contributed by atoms with Crippen LogP contribution in [0.1, 0.15) is 58.1 Å². The molecule has 0 bridgehead atoms. The molecule has 1 aromatic heterocycles. The number of hydrogen-bond donors (Lipinski definition) is 1. The second kappa shape index (κ2) is 6.37. The van der Waals surface area contributed by atoms with E-state index in [1.165, 1.54) is 31.2 Å². The molecular weight excluding hydrogens is 222 g/mol. The van der Waals surface area contributed by atoms with Gasteiger partial charge in [-0.2, -0.15) is 5.10 Å². The average Bonchev–Trinajstić information content (AvgIpc) is 2.99. The van der Waals surface area contributed by atoms with Crippen LogP contribution in [0.3, 0.4) is 0 Å². The summed E-state index contributed by atoms with van der Waals surface area (Å²) in [6.07, 6.45) is 9.58.